The maximum atomic E-state index is 12.6. The van der Waals surface area contributed by atoms with E-state index in [9.17, 15) is 9.59 Å². The van der Waals surface area contributed by atoms with E-state index in [0.717, 1.165) is 58.1 Å². The first-order valence-electron chi connectivity index (χ1n) is 11.5. The fourth-order valence-electron chi connectivity index (χ4n) is 4.14. The summed E-state index contributed by atoms with van der Waals surface area (Å²) < 4.78 is 0. The van der Waals surface area contributed by atoms with Crippen molar-refractivity contribution in [2.24, 2.45) is 10.9 Å². The van der Waals surface area contributed by atoms with Gasteiger partial charge in [-0.25, -0.2) is 0 Å². The molecule has 2 amide bonds. The molecule has 8 nitrogen and oxygen atoms in total. The van der Waals surface area contributed by atoms with E-state index in [4.69, 9.17) is 4.99 Å². The van der Waals surface area contributed by atoms with Gasteiger partial charge in [0.15, 0.2) is 5.96 Å². The second-order valence-electron chi connectivity index (χ2n) is 9.54. The van der Waals surface area contributed by atoms with Gasteiger partial charge in [-0.1, -0.05) is 12.8 Å². The Bertz CT molecular complexity index is 587. The Morgan fingerprint density at radius 1 is 1.10 bits per heavy atom. The van der Waals surface area contributed by atoms with E-state index in [1.165, 1.54) is 12.8 Å². The third kappa shape index (κ3) is 8.13. The summed E-state index contributed by atoms with van der Waals surface area (Å²) in [5.41, 5.74) is -0.241. The van der Waals surface area contributed by atoms with Crippen LogP contribution in [-0.4, -0.2) is 97.4 Å². The van der Waals surface area contributed by atoms with Crippen molar-refractivity contribution in [1.82, 2.24) is 25.3 Å². The van der Waals surface area contributed by atoms with Crippen LogP contribution in [-0.2, 0) is 9.59 Å². The summed E-state index contributed by atoms with van der Waals surface area (Å²) in [5.74, 6) is 1.37. The fourth-order valence-corrected chi connectivity index (χ4v) is 4.14. The Labute approximate surface area is 182 Å². The highest BCUT2D eigenvalue weighted by atomic mass is 16.2. The zero-order valence-electron chi connectivity index (χ0n) is 19.7. The molecule has 1 saturated heterocycles. The molecule has 0 radical (unpaired) electrons. The van der Waals surface area contributed by atoms with Crippen LogP contribution in [0.1, 0.15) is 53.4 Å². The topological polar surface area (TPSA) is 80.3 Å². The van der Waals surface area contributed by atoms with Gasteiger partial charge < -0.3 is 20.4 Å². The molecule has 0 aromatic heterocycles. The first-order chi connectivity index (χ1) is 14.2. The van der Waals surface area contributed by atoms with Crippen molar-refractivity contribution in [2.75, 3.05) is 59.4 Å². The molecule has 1 heterocycles. The van der Waals surface area contributed by atoms with Crippen LogP contribution >= 0.6 is 0 Å². The molecule has 0 bridgehead atoms. The summed E-state index contributed by atoms with van der Waals surface area (Å²) in [5, 5.41) is 6.25. The zero-order chi connectivity index (χ0) is 22.1. The van der Waals surface area contributed by atoms with Crippen LogP contribution in [0.25, 0.3) is 0 Å². The highest BCUT2D eigenvalue weighted by Gasteiger charge is 2.29. The number of guanidine groups is 1. The molecule has 172 valence electrons. The minimum Gasteiger partial charge on any atom is -0.357 e. The van der Waals surface area contributed by atoms with Crippen LogP contribution in [0.5, 0.6) is 0 Å². The van der Waals surface area contributed by atoms with Gasteiger partial charge in [-0.05, 0) is 40.5 Å². The molecule has 8 heteroatoms. The Balaban J connectivity index is 1.76. The van der Waals surface area contributed by atoms with Crippen LogP contribution in [0.2, 0.25) is 0 Å². The van der Waals surface area contributed by atoms with Crippen molar-refractivity contribution in [3.8, 4) is 0 Å². The van der Waals surface area contributed by atoms with E-state index >= 15 is 0 Å². The van der Waals surface area contributed by atoms with Crippen molar-refractivity contribution >= 4 is 17.8 Å². The van der Waals surface area contributed by atoms with Gasteiger partial charge in [-0.15, -0.1) is 0 Å². The molecule has 0 aromatic carbocycles. The molecule has 2 N–H and O–H groups in total. The third-order valence-corrected chi connectivity index (χ3v) is 5.66. The molecule has 0 aromatic rings. The van der Waals surface area contributed by atoms with Crippen LogP contribution in [0.15, 0.2) is 4.99 Å². The number of amides is 2. The first-order valence-corrected chi connectivity index (χ1v) is 11.5. The van der Waals surface area contributed by atoms with E-state index < -0.39 is 0 Å². The van der Waals surface area contributed by atoms with Crippen LogP contribution in [0.3, 0.4) is 0 Å². The van der Waals surface area contributed by atoms with E-state index in [1.54, 1.807) is 0 Å². The van der Waals surface area contributed by atoms with Crippen molar-refractivity contribution in [2.45, 2.75) is 58.9 Å². The highest BCUT2D eigenvalue weighted by Crippen LogP contribution is 2.26. The summed E-state index contributed by atoms with van der Waals surface area (Å²) in [6.45, 7) is 14.0. The largest absolute Gasteiger partial charge is 0.357 e. The molecule has 1 aliphatic carbocycles. The first kappa shape index (κ1) is 24.4. The minimum atomic E-state index is -0.241. The Morgan fingerprint density at radius 3 is 2.30 bits per heavy atom. The van der Waals surface area contributed by atoms with Gasteiger partial charge in [-0.3, -0.25) is 19.5 Å². The van der Waals surface area contributed by atoms with E-state index in [2.05, 4.69) is 20.4 Å². The number of carbonyl (C=O) groups is 2. The average molecular weight is 423 g/mol. The second kappa shape index (κ2) is 11.5. The van der Waals surface area contributed by atoms with Gasteiger partial charge in [0, 0.05) is 57.8 Å². The molecule has 2 fully saturated rings. The normalized spacial score (nSPS) is 19.1. The molecular weight excluding hydrogens is 380 g/mol. The number of piperazine rings is 1. The molecule has 0 spiro atoms. The monoisotopic (exact) mass is 422 g/mol. The van der Waals surface area contributed by atoms with Crippen molar-refractivity contribution in [3.05, 3.63) is 0 Å². The minimum absolute atomic E-state index is 0.0151. The number of likely N-dealkylation sites (N-methyl/N-ethyl adjacent to an activating group) is 1. The Morgan fingerprint density at radius 2 is 1.73 bits per heavy atom. The lowest BCUT2D eigenvalue weighted by molar-refractivity contribution is -0.137. The number of aliphatic imine (C=N–C) groups is 1. The predicted octanol–water partition coefficient (Wildman–Crippen LogP) is 1.13. The predicted molar refractivity (Wildman–Crippen MR) is 121 cm³/mol. The fraction of sp³-hybridized carbons (Fsp3) is 0.864. The molecule has 1 saturated carbocycles. The molecule has 2 aliphatic rings. The standard InChI is InChI=1S/C22H42N6O2/c1-6-23-21(26(5)17-19(29)25-22(2,3)4)24-11-12-27-13-15-28(16-14-27)20(30)18-9-7-8-10-18/h18H,6-17H2,1-5H3,(H,23,24)(H,25,29). The summed E-state index contributed by atoms with van der Waals surface area (Å²) >= 11 is 0. The number of hydrogen-bond donors (Lipinski definition) is 2. The molecule has 0 atom stereocenters. The number of nitrogens with one attached hydrogen (secondary N) is 2. The van der Waals surface area contributed by atoms with Gasteiger partial charge >= 0.3 is 0 Å². The lowest BCUT2D eigenvalue weighted by atomic mass is 10.1. The summed E-state index contributed by atoms with van der Waals surface area (Å²) in [6, 6.07) is 0. The molecule has 2 rings (SSSR count). The van der Waals surface area contributed by atoms with Gasteiger partial charge in [0.1, 0.15) is 0 Å². The number of nitrogens with zero attached hydrogens (tertiary/aromatic N) is 4. The second-order valence-corrected chi connectivity index (χ2v) is 9.54. The zero-order valence-corrected chi connectivity index (χ0v) is 19.7. The van der Waals surface area contributed by atoms with Gasteiger partial charge in [0.25, 0.3) is 0 Å². The Hall–Kier alpha value is -1.83. The van der Waals surface area contributed by atoms with E-state index in [0.29, 0.717) is 12.5 Å². The SMILES string of the molecule is CCNC(=NCCN1CCN(C(=O)C2CCCC2)CC1)N(C)CC(=O)NC(C)(C)C. The maximum Gasteiger partial charge on any atom is 0.240 e. The summed E-state index contributed by atoms with van der Waals surface area (Å²) in [4.78, 5) is 35.8. The molecular formula is C22H42N6O2. The van der Waals surface area contributed by atoms with Crippen LogP contribution in [0.4, 0.5) is 0 Å². The highest BCUT2D eigenvalue weighted by molar-refractivity contribution is 5.86. The number of carbonyl (C=O) groups excluding carboxylic acids is 2. The molecule has 30 heavy (non-hydrogen) atoms. The van der Waals surface area contributed by atoms with Gasteiger partial charge in [0.2, 0.25) is 11.8 Å². The maximum absolute atomic E-state index is 12.6. The van der Waals surface area contributed by atoms with Crippen molar-refractivity contribution in [1.29, 1.82) is 0 Å². The number of rotatable bonds is 7. The van der Waals surface area contributed by atoms with Crippen molar-refractivity contribution in [3.63, 3.8) is 0 Å². The third-order valence-electron chi connectivity index (χ3n) is 5.66. The van der Waals surface area contributed by atoms with Crippen LogP contribution in [0, 0.1) is 5.92 Å². The smallest absolute Gasteiger partial charge is 0.240 e. The van der Waals surface area contributed by atoms with Crippen LogP contribution < -0.4 is 10.6 Å². The van der Waals surface area contributed by atoms with E-state index in [1.807, 2.05) is 39.6 Å². The summed E-state index contributed by atoms with van der Waals surface area (Å²) in [7, 11) is 1.89. The summed E-state index contributed by atoms with van der Waals surface area (Å²) in [6.07, 6.45) is 4.55. The molecule has 1 aliphatic heterocycles. The van der Waals surface area contributed by atoms with Crippen molar-refractivity contribution < 1.29 is 9.59 Å². The average Bonchev–Trinajstić information content (AvgIpc) is 3.20. The molecule has 0 unspecified atom stereocenters. The Kier molecular flexibility index (Phi) is 9.39. The lowest BCUT2D eigenvalue weighted by Crippen LogP contribution is -2.51. The van der Waals surface area contributed by atoms with Gasteiger partial charge in [-0.2, -0.15) is 0 Å². The van der Waals surface area contributed by atoms with E-state index in [-0.39, 0.29) is 23.9 Å². The number of hydrogen-bond acceptors (Lipinski definition) is 4. The van der Waals surface area contributed by atoms with Gasteiger partial charge in [0.05, 0.1) is 13.1 Å². The lowest BCUT2D eigenvalue weighted by Gasteiger charge is -2.35. The quantitative estimate of drug-likeness (QED) is 0.475.